The van der Waals surface area contributed by atoms with Gasteiger partial charge in [0.05, 0.1) is 0 Å². The zero-order valence-corrected chi connectivity index (χ0v) is 17.0. The second kappa shape index (κ2) is 7.66. The quantitative estimate of drug-likeness (QED) is 0.589. The zero-order valence-electron chi connectivity index (χ0n) is 17.0. The molecule has 0 bridgehead atoms. The number of fused-ring (bicyclic) bond motifs is 1. The number of hydrogen-bond donors (Lipinski definition) is 0. The van der Waals surface area contributed by atoms with Gasteiger partial charge in [-0.25, -0.2) is 0 Å². The van der Waals surface area contributed by atoms with Crippen molar-refractivity contribution < 1.29 is 9.59 Å². The Morgan fingerprint density at radius 3 is 1.77 bits per heavy atom. The number of rotatable bonds is 4. The van der Waals surface area contributed by atoms with E-state index in [1.54, 1.807) is 12.1 Å². The highest BCUT2D eigenvalue weighted by molar-refractivity contribution is 6.32. The lowest BCUT2D eigenvalue weighted by Crippen LogP contribution is -2.56. The van der Waals surface area contributed by atoms with Crippen molar-refractivity contribution in [3.05, 3.63) is 107 Å². The molecule has 3 aromatic rings. The maximum atomic E-state index is 13.7. The molecule has 0 aromatic heterocycles. The molecule has 1 aliphatic heterocycles. The SMILES string of the molecule is O=C1c2ccccc2C(=O)C1(c1ccccc1)N1CCC(Cc2ccccc2)CC1. The third-order valence-corrected chi connectivity index (χ3v) is 6.72. The van der Waals surface area contributed by atoms with Gasteiger partial charge in [0.1, 0.15) is 0 Å². The first-order valence-electron chi connectivity index (χ1n) is 10.7. The summed E-state index contributed by atoms with van der Waals surface area (Å²) in [5.41, 5.74) is 2.03. The Morgan fingerprint density at radius 2 is 1.20 bits per heavy atom. The van der Waals surface area contributed by atoms with Gasteiger partial charge >= 0.3 is 0 Å². The largest absolute Gasteiger partial charge is 0.291 e. The van der Waals surface area contributed by atoms with Gasteiger partial charge in [0.2, 0.25) is 0 Å². The van der Waals surface area contributed by atoms with E-state index in [9.17, 15) is 9.59 Å². The Morgan fingerprint density at radius 1 is 0.700 bits per heavy atom. The first kappa shape index (κ1) is 19.0. The Bertz CT molecular complexity index is 1030. The third kappa shape index (κ3) is 2.93. The van der Waals surface area contributed by atoms with Crippen LogP contribution >= 0.6 is 0 Å². The molecular weight excluding hydrogens is 370 g/mol. The molecule has 3 nitrogen and oxygen atoms in total. The van der Waals surface area contributed by atoms with Crippen molar-refractivity contribution in [3.63, 3.8) is 0 Å². The topological polar surface area (TPSA) is 37.4 Å². The average molecular weight is 396 g/mol. The number of nitrogens with zero attached hydrogens (tertiary/aromatic N) is 1. The first-order valence-corrected chi connectivity index (χ1v) is 10.7. The molecule has 5 rings (SSSR count). The number of Topliss-reactive ketones (excluding diaryl/α,β-unsaturated/α-hetero) is 2. The predicted molar refractivity (Wildman–Crippen MR) is 118 cm³/mol. The normalized spacial score (nSPS) is 19.1. The minimum Gasteiger partial charge on any atom is -0.291 e. The van der Waals surface area contributed by atoms with Gasteiger partial charge in [0.25, 0.3) is 0 Å². The molecule has 0 saturated carbocycles. The fraction of sp³-hybridized carbons (Fsp3) is 0.259. The molecule has 1 heterocycles. The van der Waals surface area contributed by atoms with Gasteiger partial charge < -0.3 is 0 Å². The van der Waals surface area contributed by atoms with E-state index in [0.717, 1.165) is 37.9 Å². The molecular formula is C27H25NO2. The van der Waals surface area contributed by atoms with E-state index in [2.05, 4.69) is 29.2 Å². The summed E-state index contributed by atoms with van der Waals surface area (Å²) in [6, 6.07) is 27.5. The maximum Gasteiger partial charge on any atom is 0.196 e. The van der Waals surface area contributed by atoms with Gasteiger partial charge in [-0.2, -0.15) is 0 Å². The lowest BCUT2D eigenvalue weighted by molar-refractivity contribution is 0.0365. The lowest BCUT2D eigenvalue weighted by atomic mass is 9.80. The number of likely N-dealkylation sites (tertiary alicyclic amines) is 1. The van der Waals surface area contributed by atoms with Crippen LogP contribution in [0.5, 0.6) is 0 Å². The van der Waals surface area contributed by atoms with Gasteiger partial charge in [-0.05, 0) is 36.3 Å². The van der Waals surface area contributed by atoms with Crippen LogP contribution in [-0.4, -0.2) is 29.6 Å². The van der Waals surface area contributed by atoms with Crippen molar-refractivity contribution in [1.29, 1.82) is 0 Å². The highest BCUT2D eigenvalue weighted by atomic mass is 16.2. The molecule has 0 spiro atoms. The highest BCUT2D eigenvalue weighted by Crippen LogP contribution is 2.44. The average Bonchev–Trinajstić information content (AvgIpc) is 3.04. The summed E-state index contributed by atoms with van der Waals surface area (Å²) in [7, 11) is 0. The molecule has 0 unspecified atom stereocenters. The number of ketones is 2. The van der Waals surface area contributed by atoms with Crippen LogP contribution in [0.4, 0.5) is 0 Å². The number of benzene rings is 3. The fourth-order valence-corrected chi connectivity index (χ4v) is 5.20. The van der Waals surface area contributed by atoms with Crippen LogP contribution < -0.4 is 0 Å². The van der Waals surface area contributed by atoms with E-state index in [0.29, 0.717) is 17.0 Å². The van der Waals surface area contributed by atoms with E-state index >= 15 is 0 Å². The monoisotopic (exact) mass is 395 g/mol. The lowest BCUT2D eigenvalue weighted by Gasteiger charge is -2.43. The summed E-state index contributed by atoms with van der Waals surface area (Å²) < 4.78 is 0. The van der Waals surface area contributed by atoms with Gasteiger partial charge in [0, 0.05) is 24.2 Å². The second-order valence-electron chi connectivity index (χ2n) is 8.40. The number of carbonyl (C=O) groups is 2. The summed E-state index contributed by atoms with van der Waals surface area (Å²) >= 11 is 0. The van der Waals surface area contributed by atoms with Crippen LogP contribution in [0.1, 0.15) is 44.7 Å². The minimum atomic E-state index is -1.22. The summed E-state index contributed by atoms with van der Waals surface area (Å²) in [4.78, 5) is 29.6. The molecule has 0 atom stereocenters. The van der Waals surface area contributed by atoms with E-state index in [1.807, 2.05) is 48.5 Å². The van der Waals surface area contributed by atoms with E-state index in [-0.39, 0.29) is 11.6 Å². The molecule has 3 heteroatoms. The summed E-state index contributed by atoms with van der Waals surface area (Å²) in [6.07, 6.45) is 3.02. The van der Waals surface area contributed by atoms with Gasteiger partial charge in [-0.3, -0.25) is 14.5 Å². The first-order chi connectivity index (χ1) is 14.7. The van der Waals surface area contributed by atoms with Crippen LogP contribution in [0.2, 0.25) is 0 Å². The van der Waals surface area contributed by atoms with E-state index in [4.69, 9.17) is 0 Å². The van der Waals surface area contributed by atoms with Crippen LogP contribution in [-0.2, 0) is 12.0 Å². The molecule has 1 fully saturated rings. The molecule has 0 N–H and O–H groups in total. The summed E-state index contributed by atoms with van der Waals surface area (Å²) in [5, 5.41) is 0. The third-order valence-electron chi connectivity index (χ3n) is 6.72. The molecule has 2 aliphatic rings. The standard InChI is InChI=1S/C27H25NO2/c29-25-23-13-7-8-14-24(23)26(30)27(25,22-11-5-2-6-12-22)28-17-15-21(16-18-28)19-20-9-3-1-4-10-20/h1-14,21H,15-19H2. The number of hydrogen-bond acceptors (Lipinski definition) is 3. The molecule has 1 aliphatic carbocycles. The van der Waals surface area contributed by atoms with Crippen LogP contribution in [0.15, 0.2) is 84.9 Å². The van der Waals surface area contributed by atoms with Crippen LogP contribution in [0.3, 0.4) is 0 Å². The molecule has 0 radical (unpaired) electrons. The van der Waals surface area contributed by atoms with Crippen molar-refractivity contribution in [2.45, 2.75) is 24.8 Å². The smallest absolute Gasteiger partial charge is 0.196 e. The van der Waals surface area contributed by atoms with E-state index in [1.165, 1.54) is 5.56 Å². The molecule has 150 valence electrons. The highest BCUT2D eigenvalue weighted by Gasteiger charge is 2.58. The second-order valence-corrected chi connectivity index (χ2v) is 8.40. The minimum absolute atomic E-state index is 0.0733. The van der Waals surface area contributed by atoms with Crippen molar-refractivity contribution in [1.82, 2.24) is 4.90 Å². The molecule has 3 aromatic carbocycles. The molecule has 30 heavy (non-hydrogen) atoms. The van der Waals surface area contributed by atoms with Crippen molar-refractivity contribution in [2.24, 2.45) is 5.92 Å². The number of piperidine rings is 1. The van der Waals surface area contributed by atoms with Crippen molar-refractivity contribution in [3.8, 4) is 0 Å². The Hall–Kier alpha value is -3.04. The Balaban J connectivity index is 1.47. The van der Waals surface area contributed by atoms with Gasteiger partial charge in [-0.15, -0.1) is 0 Å². The zero-order chi connectivity index (χ0) is 20.6. The molecule has 0 amide bonds. The van der Waals surface area contributed by atoms with E-state index < -0.39 is 5.54 Å². The fourth-order valence-electron chi connectivity index (χ4n) is 5.20. The summed E-state index contributed by atoms with van der Waals surface area (Å²) in [5.74, 6) is 0.428. The van der Waals surface area contributed by atoms with Crippen molar-refractivity contribution in [2.75, 3.05) is 13.1 Å². The maximum absolute atomic E-state index is 13.7. The Labute approximate surface area is 177 Å². The predicted octanol–water partition coefficient (Wildman–Crippen LogP) is 4.92. The Kier molecular flexibility index (Phi) is 4.84. The number of carbonyl (C=O) groups excluding carboxylic acids is 2. The van der Waals surface area contributed by atoms with Crippen LogP contribution in [0.25, 0.3) is 0 Å². The van der Waals surface area contributed by atoms with Gasteiger partial charge in [0.15, 0.2) is 17.1 Å². The van der Waals surface area contributed by atoms with Gasteiger partial charge in [-0.1, -0.05) is 84.9 Å². The summed E-state index contributed by atoms with van der Waals surface area (Å²) in [6.45, 7) is 1.50. The van der Waals surface area contributed by atoms with Crippen LogP contribution in [0, 0.1) is 5.92 Å². The molecule has 1 saturated heterocycles. The van der Waals surface area contributed by atoms with Crippen molar-refractivity contribution >= 4 is 11.6 Å².